The van der Waals surface area contributed by atoms with E-state index in [9.17, 15) is 14.4 Å². The van der Waals surface area contributed by atoms with Gasteiger partial charge in [-0.2, -0.15) is 0 Å². The molecule has 2 N–H and O–H groups in total. The van der Waals surface area contributed by atoms with Gasteiger partial charge in [-0.05, 0) is 74.9 Å². The van der Waals surface area contributed by atoms with Crippen LogP contribution in [0.3, 0.4) is 0 Å². The Kier molecular flexibility index (Phi) is 8.67. The number of amides is 3. The second kappa shape index (κ2) is 12.5. The molecule has 0 bridgehead atoms. The van der Waals surface area contributed by atoms with Crippen molar-refractivity contribution in [2.24, 2.45) is 5.92 Å². The number of carbonyl (C=O) groups is 3. The van der Waals surface area contributed by atoms with Crippen molar-refractivity contribution in [1.29, 1.82) is 0 Å². The van der Waals surface area contributed by atoms with E-state index in [1.165, 1.54) is 19.4 Å². The maximum Gasteiger partial charge on any atom is 0.255 e. The molecular weight excluding hydrogens is 508 g/mol. The first-order valence-electron chi connectivity index (χ1n) is 15.3. The number of ether oxygens (including phenoxy) is 1. The van der Waals surface area contributed by atoms with E-state index in [1.54, 1.807) is 4.90 Å². The Bertz CT molecular complexity index is 1080. The number of anilines is 1. The molecule has 0 aromatic heterocycles. The zero-order chi connectivity index (χ0) is 27.5. The quantitative estimate of drug-likeness (QED) is 0.462. The predicted octanol–water partition coefficient (Wildman–Crippen LogP) is 1.05. The highest BCUT2D eigenvalue weighted by Crippen LogP contribution is 2.32. The van der Waals surface area contributed by atoms with Crippen molar-refractivity contribution in [2.45, 2.75) is 57.2 Å². The van der Waals surface area contributed by atoms with E-state index in [2.05, 4.69) is 37.5 Å². The molecule has 5 heterocycles. The number of carbonyl (C=O) groups excluding carboxylic acids is 3. The molecule has 218 valence electrons. The Morgan fingerprint density at radius 3 is 2.38 bits per heavy atom. The fourth-order valence-electron chi connectivity index (χ4n) is 7.00. The lowest BCUT2D eigenvalue weighted by Gasteiger charge is -2.39. The molecule has 0 spiro atoms. The molecule has 10 nitrogen and oxygen atoms in total. The van der Waals surface area contributed by atoms with Gasteiger partial charge in [-0.1, -0.05) is 0 Å². The van der Waals surface area contributed by atoms with E-state index in [-0.39, 0.29) is 24.1 Å². The van der Waals surface area contributed by atoms with E-state index in [0.29, 0.717) is 24.6 Å². The van der Waals surface area contributed by atoms with Crippen molar-refractivity contribution >= 4 is 23.4 Å². The molecule has 10 heteroatoms. The van der Waals surface area contributed by atoms with Gasteiger partial charge in [-0.3, -0.25) is 24.6 Å². The summed E-state index contributed by atoms with van der Waals surface area (Å²) in [5.74, 6) is 0.00348. The van der Waals surface area contributed by atoms with E-state index >= 15 is 0 Å². The Labute approximate surface area is 237 Å². The molecule has 40 heavy (non-hydrogen) atoms. The number of rotatable bonds is 8. The molecular formula is C30H44N6O4. The Hall–Kier alpha value is -2.53. The van der Waals surface area contributed by atoms with Crippen LogP contribution in [-0.2, 0) is 20.9 Å². The maximum absolute atomic E-state index is 13.0. The van der Waals surface area contributed by atoms with E-state index < -0.39 is 6.04 Å². The van der Waals surface area contributed by atoms with Crippen LogP contribution in [0.4, 0.5) is 5.69 Å². The topological polar surface area (TPSA) is 97.5 Å². The molecule has 4 saturated heterocycles. The fraction of sp³-hybridized carbons (Fsp3) is 0.700. The largest absolute Gasteiger partial charge is 0.377 e. The number of fused-ring (bicyclic) bond motifs is 1. The molecule has 3 amide bonds. The van der Waals surface area contributed by atoms with Gasteiger partial charge in [0.2, 0.25) is 11.8 Å². The van der Waals surface area contributed by atoms with Crippen molar-refractivity contribution in [3.63, 3.8) is 0 Å². The van der Waals surface area contributed by atoms with Crippen LogP contribution in [0.5, 0.6) is 0 Å². The third-order valence-electron chi connectivity index (χ3n) is 9.52. The van der Waals surface area contributed by atoms with Crippen LogP contribution < -0.4 is 15.5 Å². The van der Waals surface area contributed by atoms with Crippen LogP contribution in [0.25, 0.3) is 0 Å². The van der Waals surface area contributed by atoms with Gasteiger partial charge < -0.3 is 24.8 Å². The average molecular weight is 553 g/mol. The number of benzene rings is 1. The maximum atomic E-state index is 13.0. The van der Waals surface area contributed by atoms with E-state index in [4.69, 9.17) is 4.74 Å². The number of hydrogen-bond donors (Lipinski definition) is 2. The summed E-state index contributed by atoms with van der Waals surface area (Å²) in [7, 11) is 0. The van der Waals surface area contributed by atoms with Crippen molar-refractivity contribution in [1.82, 2.24) is 25.3 Å². The number of nitrogens with one attached hydrogen (secondary N) is 2. The van der Waals surface area contributed by atoms with Crippen LogP contribution >= 0.6 is 0 Å². The number of piperazine rings is 1. The van der Waals surface area contributed by atoms with Crippen LogP contribution in [0.2, 0.25) is 0 Å². The lowest BCUT2D eigenvalue weighted by Crippen LogP contribution is -2.52. The molecule has 1 aromatic carbocycles. The number of hydrogen-bond acceptors (Lipinski definition) is 8. The van der Waals surface area contributed by atoms with Crippen molar-refractivity contribution in [2.75, 3.05) is 77.0 Å². The highest BCUT2D eigenvalue weighted by atomic mass is 16.5. The Morgan fingerprint density at radius 1 is 0.875 bits per heavy atom. The van der Waals surface area contributed by atoms with Gasteiger partial charge in [-0.25, -0.2) is 0 Å². The van der Waals surface area contributed by atoms with Crippen LogP contribution in [0.15, 0.2) is 18.2 Å². The lowest BCUT2D eigenvalue weighted by atomic mass is 9.95. The van der Waals surface area contributed by atoms with Gasteiger partial charge in [-0.15, -0.1) is 0 Å². The summed E-state index contributed by atoms with van der Waals surface area (Å²) in [6.07, 6.45) is 5.77. The summed E-state index contributed by atoms with van der Waals surface area (Å²) >= 11 is 0. The monoisotopic (exact) mass is 552 g/mol. The number of imide groups is 1. The molecule has 0 aliphatic carbocycles. The fourth-order valence-corrected chi connectivity index (χ4v) is 7.00. The first kappa shape index (κ1) is 27.6. The van der Waals surface area contributed by atoms with Crippen molar-refractivity contribution < 1.29 is 19.1 Å². The van der Waals surface area contributed by atoms with Crippen molar-refractivity contribution in [3.05, 3.63) is 29.3 Å². The second-order valence-electron chi connectivity index (χ2n) is 12.1. The lowest BCUT2D eigenvalue weighted by molar-refractivity contribution is -0.136. The van der Waals surface area contributed by atoms with E-state index in [0.717, 1.165) is 95.5 Å². The van der Waals surface area contributed by atoms with Gasteiger partial charge in [0, 0.05) is 76.6 Å². The highest BCUT2D eigenvalue weighted by Gasteiger charge is 2.39. The van der Waals surface area contributed by atoms with E-state index in [1.807, 2.05) is 6.07 Å². The molecule has 0 saturated carbocycles. The van der Waals surface area contributed by atoms with Gasteiger partial charge >= 0.3 is 0 Å². The molecule has 1 unspecified atom stereocenters. The van der Waals surface area contributed by atoms with Crippen LogP contribution in [0, 0.1) is 5.92 Å². The number of piperidine rings is 3. The van der Waals surface area contributed by atoms with Gasteiger partial charge in [0.15, 0.2) is 0 Å². The zero-order valence-electron chi connectivity index (χ0n) is 23.6. The first-order valence-corrected chi connectivity index (χ1v) is 15.3. The average Bonchev–Trinajstić information content (AvgIpc) is 3.30. The van der Waals surface area contributed by atoms with Gasteiger partial charge in [0.25, 0.3) is 5.91 Å². The summed E-state index contributed by atoms with van der Waals surface area (Å²) in [5.41, 5.74) is 2.82. The molecule has 4 fully saturated rings. The second-order valence-corrected chi connectivity index (χ2v) is 12.1. The minimum Gasteiger partial charge on any atom is -0.377 e. The Morgan fingerprint density at radius 2 is 1.62 bits per heavy atom. The molecule has 0 radical (unpaired) electrons. The molecule has 1 aromatic rings. The standard InChI is InChI=1S/C30H44N6O4/c37-28-4-3-27(29(38)32-28)36-21-23-19-24(1-2-26(23)30(36)39)35-11-7-22(8-12-35)20-34-15-13-33(14-16-34)17-18-40-25-5-9-31-10-6-25/h1-2,19,22,25,27,31H,3-18,20-21H2,(H,32,37,38). The molecule has 1 atom stereocenters. The normalized spacial score (nSPS) is 25.9. The van der Waals surface area contributed by atoms with Gasteiger partial charge in [0.1, 0.15) is 6.04 Å². The van der Waals surface area contributed by atoms with Crippen LogP contribution in [0.1, 0.15) is 54.4 Å². The molecule has 5 aliphatic heterocycles. The summed E-state index contributed by atoms with van der Waals surface area (Å²) in [4.78, 5) is 46.2. The summed E-state index contributed by atoms with van der Waals surface area (Å²) < 4.78 is 6.10. The minimum absolute atomic E-state index is 0.107. The third kappa shape index (κ3) is 6.35. The summed E-state index contributed by atoms with van der Waals surface area (Å²) in [6.45, 7) is 12.3. The third-order valence-corrected chi connectivity index (χ3v) is 9.52. The van der Waals surface area contributed by atoms with Crippen LogP contribution in [-0.4, -0.2) is 117 Å². The smallest absolute Gasteiger partial charge is 0.255 e. The first-order chi connectivity index (χ1) is 19.5. The number of nitrogens with zero attached hydrogens (tertiary/aromatic N) is 4. The summed E-state index contributed by atoms with van der Waals surface area (Å²) in [6, 6.07) is 5.54. The molecule has 5 aliphatic rings. The highest BCUT2D eigenvalue weighted by molar-refractivity contribution is 6.05. The SMILES string of the molecule is O=C1CCC(N2Cc3cc(N4CCC(CN5CCN(CCOC6CCNCC6)CC5)CC4)ccc3C2=O)C(=O)N1. The zero-order valence-corrected chi connectivity index (χ0v) is 23.6. The molecule has 6 rings (SSSR count). The van der Waals surface area contributed by atoms with Gasteiger partial charge in [0.05, 0.1) is 12.7 Å². The minimum atomic E-state index is -0.564. The van der Waals surface area contributed by atoms with Crippen molar-refractivity contribution in [3.8, 4) is 0 Å². The predicted molar refractivity (Wildman–Crippen MR) is 152 cm³/mol. The Balaban J connectivity index is 0.926. The summed E-state index contributed by atoms with van der Waals surface area (Å²) in [5, 5.41) is 5.78.